The third kappa shape index (κ3) is 4.68. The second kappa shape index (κ2) is 10.8. The lowest BCUT2D eigenvalue weighted by Gasteiger charge is -2.37. The summed E-state index contributed by atoms with van der Waals surface area (Å²) in [6, 6.07) is 44.3. The molecule has 0 heterocycles. The molecule has 0 saturated heterocycles. The highest BCUT2D eigenvalue weighted by molar-refractivity contribution is 5.85. The van der Waals surface area contributed by atoms with E-state index in [0.717, 1.165) is 17.3 Å². The van der Waals surface area contributed by atoms with Crippen LogP contribution in [0.4, 0.5) is 11.4 Å². The maximum Gasteiger partial charge on any atom is 0.0396 e. The number of hydrogen-bond acceptors (Lipinski definition) is 1. The third-order valence-electron chi connectivity index (χ3n) is 9.69. The first-order valence-corrected chi connectivity index (χ1v) is 15.5. The van der Waals surface area contributed by atoms with Crippen molar-refractivity contribution in [3.63, 3.8) is 0 Å². The van der Waals surface area contributed by atoms with E-state index in [-0.39, 0.29) is 5.41 Å². The fourth-order valence-electron chi connectivity index (χ4n) is 7.45. The van der Waals surface area contributed by atoms with E-state index in [1.165, 1.54) is 63.8 Å². The fraction of sp³-hybridized carbons (Fsp3) is 0.220. The van der Waals surface area contributed by atoms with Crippen LogP contribution in [0, 0.1) is 11.8 Å². The summed E-state index contributed by atoms with van der Waals surface area (Å²) in [5.74, 6) is 1.38. The van der Waals surface area contributed by atoms with Gasteiger partial charge in [0.1, 0.15) is 0 Å². The number of fused-ring (bicyclic) bond motifs is 3. The Kier molecular flexibility index (Phi) is 6.82. The Labute approximate surface area is 251 Å². The molecule has 1 N–H and O–H groups in total. The van der Waals surface area contributed by atoms with Gasteiger partial charge in [-0.15, -0.1) is 0 Å². The van der Waals surface area contributed by atoms with Gasteiger partial charge in [-0.3, -0.25) is 0 Å². The summed E-state index contributed by atoms with van der Waals surface area (Å²) in [5, 5.41) is 3.77. The molecule has 0 bridgehead atoms. The second-order valence-corrected chi connectivity index (χ2v) is 12.5. The number of nitrogens with one attached hydrogen (secondary N) is 1. The van der Waals surface area contributed by atoms with E-state index in [4.69, 9.17) is 0 Å². The van der Waals surface area contributed by atoms with Crippen LogP contribution in [0.2, 0.25) is 0 Å². The van der Waals surface area contributed by atoms with Crippen molar-refractivity contribution in [3.8, 4) is 33.4 Å². The molecule has 5 aromatic rings. The molecule has 0 radical (unpaired) electrons. The molecule has 1 nitrogen and oxygen atoms in total. The first kappa shape index (κ1) is 26.5. The van der Waals surface area contributed by atoms with Crippen LogP contribution in [0.3, 0.4) is 0 Å². The van der Waals surface area contributed by atoms with Gasteiger partial charge < -0.3 is 5.32 Å². The van der Waals surface area contributed by atoms with Crippen molar-refractivity contribution in [2.24, 2.45) is 11.8 Å². The van der Waals surface area contributed by atoms with Gasteiger partial charge in [0.2, 0.25) is 0 Å². The molecule has 0 amide bonds. The highest BCUT2D eigenvalue weighted by atomic mass is 14.9. The van der Waals surface area contributed by atoms with Gasteiger partial charge in [-0.25, -0.2) is 0 Å². The monoisotopic (exact) mass is 545 g/mol. The number of anilines is 2. The minimum Gasteiger partial charge on any atom is -0.356 e. The van der Waals surface area contributed by atoms with Crippen LogP contribution < -0.4 is 5.32 Å². The highest BCUT2D eigenvalue weighted by Crippen LogP contribution is 2.55. The zero-order valence-electron chi connectivity index (χ0n) is 24.9. The Morgan fingerprint density at radius 3 is 2.10 bits per heavy atom. The van der Waals surface area contributed by atoms with Gasteiger partial charge >= 0.3 is 0 Å². The number of hydrogen-bond donors (Lipinski definition) is 1. The van der Waals surface area contributed by atoms with E-state index in [9.17, 15) is 0 Å². The van der Waals surface area contributed by atoms with Crippen molar-refractivity contribution >= 4 is 11.4 Å². The first-order chi connectivity index (χ1) is 20.5. The Hall–Kier alpha value is -4.36. The van der Waals surface area contributed by atoms with E-state index < -0.39 is 0 Å². The molecule has 0 aliphatic heterocycles. The zero-order valence-corrected chi connectivity index (χ0v) is 24.9. The molecular formula is C41H39N. The SMILES string of the molecule is CCC1CC(C2(C)c3ccccc3-c3ccc(Nc4cccc(-c5cccc(-c6ccccc6)c5)c4)cc32)=CC(C)C1. The van der Waals surface area contributed by atoms with E-state index in [1.54, 1.807) is 5.57 Å². The van der Waals surface area contributed by atoms with Crippen LogP contribution in [0.15, 0.2) is 133 Å². The molecule has 208 valence electrons. The molecule has 0 fully saturated rings. The van der Waals surface area contributed by atoms with Crippen LogP contribution in [0.25, 0.3) is 33.4 Å². The third-order valence-corrected chi connectivity index (χ3v) is 9.69. The summed E-state index contributed by atoms with van der Waals surface area (Å²) < 4.78 is 0. The summed E-state index contributed by atoms with van der Waals surface area (Å²) in [4.78, 5) is 0. The van der Waals surface area contributed by atoms with Crippen molar-refractivity contribution in [1.82, 2.24) is 0 Å². The van der Waals surface area contributed by atoms with Gasteiger partial charge in [0.05, 0.1) is 0 Å². The topological polar surface area (TPSA) is 12.0 Å². The summed E-state index contributed by atoms with van der Waals surface area (Å²) >= 11 is 0. The summed E-state index contributed by atoms with van der Waals surface area (Å²) in [6.07, 6.45) is 6.33. The molecule has 0 aromatic heterocycles. The van der Waals surface area contributed by atoms with Gasteiger partial charge in [0, 0.05) is 16.8 Å². The lowest BCUT2D eigenvalue weighted by Crippen LogP contribution is -2.28. The van der Waals surface area contributed by atoms with Crippen molar-refractivity contribution in [1.29, 1.82) is 0 Å². The van der Waals surface area contributed by atoms with Gasteiger partial charge in [-0.1, -0.05) is 123 Å². The lowest BCUT2D eigenvalue weighted by molar-refractivity contribution is 0.373. The predicted octanol–water partition coefficient (Wildman–Crippen LogP) is 11.4. The Bertz CT molecular complexity index is 1780. The van der Waals surface area contributed by atoms with E-state index in [0.29, 0.717) is 5.92 Å². The average molecular weight is 546 g/mol. The van der Waals surface area contributed by atoms with Crippen LogP contribution in [-0.2, 0) is 5.41 Å². The molecule has 1 heteroatoms. The normalized spacial score (nSPS) is 20.9. The Morgan fingerprint density at radius 1 is 0.643 bits per heavy atom. The summed E-state index contributed by atoms with van der Waals surface area (Å²) in [7, 11) is 0. The van der Waals surface area contributed by atoms with Gasteiger partial charge in [-0.05, 0) is 106 Å². The standard InChI is InChI=1S/C41H39N/c1-4-29-22-28(2)23-34(24-29)41(3)39-19-9-8-18-37(39)38-21-20-36(27-40(38)41)42-35-17-11-16-33(26-35)32-15-10-14-31(25-32)30-12-6-5-7-13-30/h5-21,23,25-29,42H,4,22,24H2,1-3H3. The van der Waals surface area contributed by atoms with Gasteiger partial charge in [0.15, 0.2) is 0 Å². The predicted molar refractivity (Wildman–Crippen MR) is 179 cm³/mol. The maximum absolute atomic E-state index is 3.77. The van der Waals surface area contributed by atoms with Crippen molar-refractivity contribution in [2.75, 3.05) is 5.32 Å². The molecule has 5 aromatic carbocycles. The van der Waals surface area contributed by atoms with Crippen LogP contribution in [0.5, 0.6) is 0 Å². The molecule has 7 rings (SSSR count). The van der Waals surface area contributed by atoms with Gasteiger partial charge in [-0.2, -0.15) is 0 Å². The molecule has 0 spiro atoms. The lowest BCUT2D eigenvalue weighted by atomic mass is 9.67. The van der Waals surface area contributed by atoms with E-state index >= 15 is 0 Å². The molecule has 2 aliphatic carbocycles. The second-order valence-electron chi connectivity index (χ2n) is 12.5. The maximum atomic E-state index is 3.77. The van der Waals surface area contributed by atoms with Crippen molar-refractivity contribution in [3.05, 3.63) is 144 Å². The highest BCUT2D eigenvalue weighted by Gasteiger charge is 2.43. The first-order valence-electron chi connectivity index (χ1n) is 15.5. The Balaban J connectivity index is 1.24. The van der Waals surface area contributed by atoms with E-state index in [2.05, 4.69) is 153 Å². The minimum absolute atomic E-state index is 0.106. The van der Waals surface area contributed by atoms with Crippen LogP contribution >= 0.6 is 0 Å². The zero-order chi connectivity index (χ0) is 28.7. The van der Waals surface area contributed by atoms with E-state index in [1.807, 2.05) is 0 Å². The average Bonchev–Trinajstić information content (AvgIpc) is 3.30. The van der Waals surface area contributed by atoms with Gasteiger partial charge in [0.25, 0.3) is 0 Å². The molecule has 42 heavy (non-hydrogen) atoms. The Morgan fingerprint density at radius 2 is 1.29 bits per heavy atom. The quantitative estimate of drug-likeness (QED) is 0.209. The number of allylic oxidation sites excluding steroid dienone is 2. The molecule has 2 aliphatic rings. The largest absolute Gasteiger partial charge is 0.356 e. The fourth-order valence-corrected chi connectivity index (χ4v) is 7.45. The van der Waals surface area contributed by atoms with Crippen molar-refractivity contribution in [2.45, 2.75) is 45.4 Å². The molecule has 3 atom stereocenters. The summed E-state index contributed by atoms with van der Waals surface area (Å²) in [5.41, 5.74) is 14.3. The van der Waals surface area contributed by atoms with Crippen LogP contribution in [-0.4, -0.2) is 0 Å². The molecular weight excluding hydrogens is 506 g/mol. The number of rotatable bonds is 6. The smallest absolute Gasteiger partial charge is 0.0396 e. The minimum atomic E-state index is -0.106. The molecule has 0 saturated carbocycles. The van der Waals surface area contributed by atoms with Crippen LogP contribution in [0.1, 0.15) is 51.2 Å². The summed E-state index contributed by atoms with van der Waals surface area (Å²) in [6.45, 7) is 7.22. The molecule has 3 unspecified atom stereocenters. The number of benzene rings is 5. The van der Waals surface area contributed by atoms with Crippen molar-refractivity contribution < 1.29 is 0 Å².